The Morgan fingerprint density at radius 2 is 2.09 bits per heavy atom. The molecule has 2 nitrogen and oxygen atoms in total. The average Bonchev–Trinajstić information content (AvgIpc) is 1.97. The van der Waals surface area contributed by atoms with E-state index in [0.29, 0.717) is 5.92 Å². The lowest BCUT2D eigenvalue weighted by Crippen LogP contribution is -2.10. The van der Waals surface area contributed by atoms with E-state index >= 15 is 0 Å². The molecule has 0 aromatic rings. The SMILES string of the molecule is CNCCCN=C(C)C(C)C. The highest BCUT2D eigenvalue weighted by molar-refractivity contribution is 5.83. The lowest BCUT2D eigenvalue weighted by molar-refractivity contribution is 0.729. The number of hydrogen-bond acceptors (Lipinski definition) is 2. The summed E-state index contributed by atoms with van der Waals surface area (Å²) in [6.45, 7) is 8.48. The minimum atomic E-state index is 0.601. The Kier molecular flexibility index (Phi) is 6.13. The lowest BCUT2D eigenvalue weighted by Gasteiger charge is -2.03. The van der Waals surface area contributed by atoms with E-state index < -0.39 is 0 Å². The molecule has 0 radical (unpaired) electrons. The molecule has 0 aliphatic carbocycles. The van der Waals surface area contributed by atoms with Crippen LogP contribution in [0, 0.1) is 5.92 Å². The van der Waals surface area contributed by atoms with Crippen LogP contribution >= 0.6 is 0 Å². The fourth-order valence-corrected chi connectivity index (χ4v) is 0.694. The minimum Gasteiger partial charge on any atom is -0.320 e. The van der Waals surface area contributed by atoms with Crippen molar-refractivity contribution < 1.29 is 0 Å². The molecule has 1 N–H and O–H groups in total. The van der Waals surface area contributed by atoms with E-state index in [1.54, 1.807) is 0 Å². The van der Waals surface area contributed by atoms with Crippen LogP contribution in [0.2, 0.25) is 0 Å². The molecule has 0 aromatic heterocycles. The standard InChI is InChI=1S/C9H20N2/c1-8(2)9(3)11-7-5-6-10-4/h8,10H,5-7H2,1-4H3. The van der Waals surface area contributed by atoms with Gasteiger partial charge in [-0.15, -0.1) is 0 Å². The molecule has 0 aliphatic rings. The summed E-state index contributed by atoms with van der Waals surface area (Å²) in [5.74, 6) is 0.601. The van der Waals surface area contributed by atoms with Crippen LogP contribution in [-0.4, -0.2) is 25.8 Å². The van der Waals surface area contributed by atoms with E-state index in [2.05, 4.69) is 31.1 Å². The Morgan fingerprint density at radius 1 is 1.45 bits per heavy atom. The van der Waals surface area contributed by atoms with Crippen molar-refractivity contribution >= 4 is 5.71 Å². The molecule has 0 heterocycles. The summed E-state index contributed by atoms with van der Waals surface area (Å²) in [6.07, 6.45) is 1.14. The van der Waals surface area contributed by atoms with Crippen molar-refractivity contribution in [3.05, 3.63) is 0 Å². The average molecular weight is 156 g/mol. The van der Waals surface area contributed by atoms with Gasteiger partial charge in [-0.05, 0) is 32.9 Å². The summed E-state index contributed by atoms with van der Waals surface area (Å²) in [4.78, 5) is 4.44. The molecular weight excluding hydrogens is 136 g/mol. The van der Waals surface area contributed by atoms with Crippen molar-refractivity contribution in [3.8, 4) is 0 Å². The first-order chi connectivity index (χ1) is 5.18. The van der Waals surface area contributed by atoms with Crippen LogP contribution in [0.25, 0.3) is 0 Å². The smallest absolute Gasteiger partial charge is 0.0400 e. The van der Waals surface area contributed by atoms with E-state index in [4.69, 9.17) is 0 Å². The molecule has 0 fully saturated rings. The van der Waals surface area contributed by atoms with Crippen LogP contribution in [-0.2, 0) is 0 Å². The molecule has 0 bridgehead atoms. The number of hydrogen-bond donors (Lipinski definition) is 1. The number of rotatable bonds is 5. The van der Waals surface area contributed by atoms with Gasteiger partial charge in [0.05, 0.1) is 0 Å². The molecule has 0 spiro atoms. The molecule has 0 aliphatic heterocycles. The summed E-state index contributed by atoms with van der Waals surface area (Å²) in [5.41, 5.74) is 1.26. The maximum Gasteiger partial charge on any atom is 0.0400 e. The second-order valence-electron chi connectivity index (χ2n) is 3.13. The first kappa shape index (κ1) is 10.6. The van der Waals surface area contributed by atoms with Crippen LogP contribution < -0.4 is 5.32 Å². The lowest BCUT2D eigenvalue weighted by atomic mass is 10.1. The summed E-state index contributed by atoms with van der Waals surface area (Å²) in [7, 11) is 1.97. The van der Waals surface area contributed by atoms with E-state index in [1.807, 2.05) is 7.05 Å². The fourth-order valence-electron chi connectivity index (χ4n) is 0.694. The molecule has 11 heavy (non-hydrogen) atoms. The highest BCUT2D eigenvalue weighted by Gasteiger charge is 1.95. The number of nitrogens with zero attached hydrogens (tertiary/aromatic N) is 1. The second-order valence-corrected chi connectivity index (χ2v) is 3.13. The number of aliphatic imine (C=N–C) groups is 1. The summed E-state index contributed by atoms with van der Waals surface area (Å²) >= 11 is 0. The molecule has 0 aromatic carbocycles. The van der Waals surface area contributed by atoms with Gasteiger partial charge in [0, 0.05) is 12.3 Å². The highest BCUT2D eigenvalue weighted by Crippen LogP contribution is 1.96. The molecule has 0 saturated heterocycles. The van der Waals surface area contributed by atoms with Gasteiger partial charge in [-0.25, -0.2) is 0 Å². The van der Waals surface area contributed by atoms with Gasteiger partial charge in [0.25, 0.3) is 0 Å². The molecule has 2 heteroatoms. The van der Waals surface area contributed by atoms with Crippen LogP contribution in [0.5, 0.6) is 0 Å². The van der Waals surface area contributed by atoms with E-state index in [0.717, 1.165) is 19.5 Å². The van der Waals surface area contributed by atoms with E-state index in [1.165, 1.54) is 5.71 Å². The second kappa shape index (κ2) is 6.35. The summed E-state index contributed by atoms with van der Waals surface area (Å²) in [6, 6.07) is 0. The third-order valence-electron chi connectivity index (χ3n) is 1.78. The minimum absolute atomic E-state index is 0.601. The summed E-state index contributed by atoms with van der Waals surface area (Å²) < 4.78 is 0. The molecule has 0 saturated carbocycles. The van der Waals surface area contributed by atoms with Gasteiger partial charge >= 0.3 is 0 Å². The van der Waals surface area contributed by atoms with Crippen molar-refractivity contribution in [1.29, 1.82) is 0 Å². The number of nitrogens with one attached hydrogen (secondary N) is 1. The Balaban J connectivity index is 3.40. The van der Waals surface area contributed by atoms with Gasteiger partial charge in [0.1, 0.15) is 0 Å². The predicted octanol–water partition coefficient (Wildman–Crippen LogP) is 1.71. The van der Waals surface area contributed by atoms with Gasteiger partial charge in [0.2, 0.25) is 0 Å². The molecule has 0 atom stereocenters. The van der Waals surface area contributed by atoms with Crippen molar-refractivity contribution in [2.45, 2.75) is 27.2 Å². The van der Waals surface area contributed by atoms with Crippen LogP contribution in [0.3, 0.4) is 0 Å². The highest BCUT2D eigenvalue weighted by atomic mass is 14.8. The monoisotopic (exact) mass is 156 g/mol. The molecular formula is C9H20N2. The Labute approximate surface area is 70.1 Å². The topological polar surface area (TPSA) is 24.4 Å². The van der Waals surface area contributed by atoms with Crippen molar-refractivity contribution in [2.24, 2.45) is 10.9 Å². The molecule has 0 rings (SSSR count). The van der Waals surface area contributed by atoms with E-state index in [-0.39, 0.29) is 0 Å². The zero-order valence-corrected chi connectivity index (χ0v) is 8.15. The third kappa shape index (κ3) is 6.05. The van der Waals surface area contributed by atoms with Gasteiger partial charge < -0.3 is 5.32 Å². The van der Waals surface area contributed by atoms with Gasteiger partial charge in [0.15, 0.2) is 0 Å². The molecule has 66 valence electrons. The van der Waals surface area contributed by atoms with Gasteiger partial charge in [-0.3, -0.25) is 4.99 Å². The van der Waals surface area contributed by atoms with Crippen LogP contribution in [0.1, 0.15) is 27.2 Å². The van der Waals surface area contributed by atoms with Gasteiger partial charge in [-0.2, -0.15) is 0 Å². The van der Waals surface area contributed by atoms with E-state index in [9.17, 15) is 0 Å². The Morgan fingerprint density at radius 3 is 2.55 bits per heavy atom. The quantitative estimate of drug-likeness (QED) is 0.475. The Bertz CT molecular complexity index is 117. The van der Waals surface area contributed by atoms with Crippen LogP contribution in [0.4, 0.5) is 0 Å². The van der Waals surface area contributed by atoms with Crippen LogP contribution in [0.15, 0.2) is 4.99 Å². The third-order valence-corrected chi connectivity index (χ3v) is 1.78. The predicted molar refractivity (Wildman–Crippen MR) is 51.4 cm³/mol. The maximum atomic E-state index is 4.44. The molecule has 0 unspecified atom stereocenters. The van der Waals surface area contributed by atoms with Crippen molar-refractivity contribution in [3.63, 3.8) is 0 Å². The molecule has 0 amide bonds. The first-order valence-electron chi connectivity index (χ1n) is 4.34. The van der Waals surface area contributed by atoms with Crippen molar-refractivity contribution in [2.75, 3.05) is 20.1 Å². The van der Waals surface area contributed by atoms with Gasteiger partial charge in [-0.1, -0.05) is 13.8 Å². The fraction of sp³-hybridized carbons (Fsp3) is 0.889. The zero-order valence-electron chi connectivity index (χ0n) is 8.15. The summed E-state index contributed by atoms with van der Waals surface area (Å²) in [5, 5.41) is 3.10. The maximum absolute atomic E-state index is 4.44. The normalized spacial score (nSPS) is 12.6. The zero-order chi connectivity index (χ0) is 8.69. The largest absolute Gasteiger partial charge is 0.320 e. The first-order valence-corrected chi connectivity index (χ1v) is 4.34. The Hall–Kier alpha value is -0.370. The van der Waals surface area contributed by atoms with Crippen molar-refractivity contribution in [1.82, 2.24) is 5.32 Å².